The van der Waals surface area contributed by atoms with Crippen molar-refractivity contribution in [2.24, 2.45) is 0 Å². The lowest BCUT2D eigenvalue weighted by atomic mass is 10.1. The summed E-state index contributed by atoms with van der Waals surface area (Å²) in [6.45, 7) is 6.44. The van der Waals surface area contributed by atoms with E-state index >= 15 is 0 Å². The van der Waals surface area contributed by atoms with E-state index in [1.54, 1.807) is 12.1 Å². The van der Waals surface area contributed by atoms with Gasteiger partial charge in [0, 0.05) is 42.8 Å². The molecule has 30 heavy (non-hydrogen) atoms. The summed E-state index contributed by atoms with van der Waals surface area (Å²) < 4.78 is 0. The van der Waals surface area contributed by atoms with Crippen LogP contribution in [-0.2, 0) is 6.54 Å². The summed E-state index contributed by atoms with van der Waals surface area (Å²) in [5.41, 5.74) is 3.01. The average Bonchev–Trinajstić information content (AvgIpc) is 2.96. The third-order valence-electron chi connectivity index (χ3n) is 5.52. The first-order valence-electron chi connectivity index (χ1n) is 10.2. The Morgan fingerprint density at radius 1 is 1.13 bits per heavy atom. The number of carbonyl (C=O) groups is 1. The molecular weight excluding hydrogens is 398 g/mol. The molecule has 1 fully saturated rings. The molecule has 0 aliphatic carbocycles. The molecule has 0 spiro atoms. The van der Waals surface area contributed by atoms with Gasteiger partial charge < -0.3 is 15.1 Å². The molecule has 1 saturated heterocycles. The summed E-state index contributed by atoms with van der Waals surface area (Å²) in [6, 6.07) is 11.4. The number of carbonyl (C=O) groups excluding carboxylic acids is 1. The number of aromatic nitrogens is 2. The number of aryl methyl sites for hydroxylation is 1. The highest BCUT2D eigenvalue weighted by molar-refractivity contribution is 6.31. The number of nitrogens with zero attached hydrogens (tertiary/aromatic N) is 4. The lowest BCUT2D eigenvalue weighted by molar-refractivity contribution is 0.0950. The smallest absolute Gasteiger partial charge is 0.253 e. The molecule has 1 aliphatic heterocycles. The lowest BCUT2D eigenvalue weighted by Crippen LogP contribution is -2.29. The van der Waals surface area contributed by atoms with Crippen LogP contribution in [0, 0.1) is 6.92 Å². The summed E-state index contributed by atoms with van der Waals surface area (Å²) >= 11 is 6.04. The molecule has 6 nitrogen and oxygen atoms in total. The van der Waals surface area contributed by atoms with Gasteiger partial charge in [0.05, 0.1) is 16.8 Å². The van der Waals surface area contributed by atoms with Gasteiger partial charge in [0.25, 0.3) is 5.91 Å². The Kier molecular flexibility index (Phi) is 6.16. The van der Waals surface area contributed by atoms with Crippen LogP contribution in [0.2, 0.25) is 5.02 Å². The summed E-state index contributed by atoms with van der Waals surface area (Å²) in [7, 11) is 2.16. The van der Waals surface area contributed by atoms with Crippen LogP contribution < -0.4 is 10.2 Å². The number of amides is 1. The van der Waals surface area contributed by atoms with Crippen LogP contribution in [0.1, 0.15) is 28.0 Å². The fraction of sp³-hybridized carbons (Fsp3) is 0.348. The van der Waals surface area contributed by atoms with E-state index in [-0.39, 0.29) is 5.91 Å². The SMILES string of the molecule is Cc1nc2cc(Cl)ccc2cc1C(=O)NCc1ccc(N2CCCN(C)CC2)nc1. The van der Waals surface area contributed by atoms with Crippen LogP contribution in [0.3, 0.4) is 0 Å². The zero-order chi connectivity index (χ0) is 21.1. The Balaban J connectivity index is 1.41. The van der Waals surface area contributed by atoms with E-state index in [1.807, 2.05) is 37.4 Å². The molecule has 0 bridgehead atoms. The summed E-state index contributed by atoms with van der Waals surface area (Å²) in [4.78, 5) is 26.5. The second-order valence-corrected chi connectivity index (χ2v) is 8.25. The maximum atomic E-state index is 12.7. The second-order valence-electron chi connectivity index (χ2n) is 7.81. The number of hydrogen-bond donors (Lipinski definition) is 1. The first-order chi connectivity index (χ1) is 14.5. The Morgan fingerprint density at radius 3 is 2.80 bits per heavy atom. The number of hydrogen-bond acceptors (Lipinski definition) is 5. The van der Waals surface area contributed by atoms with E-state index in [4.69, 9.17) is 11.6 Å². The molecule has 1 aromatic carbocycles. The molecule has 0 atom stereocenters. The van der Waals surface area contributed by atoms with Crippen molar-refractivity contribution in [1.82, 2.24) is 20.2 Å². The molecule has 0 radical (unpaired) electrons. The minimum Gasteiger partial charge on any atom is -0.355 e. The number of fused-ring (bicyclic) bond motifs is 1. The van der Waals surface area contributed by atoms with Crippen molar-refractivity contribution < 1.29 is 4.79 Å². The van der Waals surface area contributed by atoms with Gasteiger partial charge >= 0.3 is 0 Å². The third kappa shape index (κ3) is 4.71. The van der Waals surface area contributed by atoms with Gasteiger partial charge in [0.1, 0.15) is 5.82 Å². The summed E-state index contributed by atoms with van der Waals surface area (Å²) in [5.74, 6) is 0.852. The van der Waals surface area contributed by atoms with Crippen molar-refractivity contribution in [2.75, 3.05) is 38.1 Å². The molecule has 3 heterocycles. The maximum absolute atomic E-state index is 12.7. The van der Waals surface area contributed by atoms with Gasteiger partial charge in [-0.15, -0.1) is 0 Å². The Morgan fingerprint density at radius 2 is 2.00 bits per heavy atom. The normalized spacial score (nSPS) is 15.2. The van der Waals surface area contributed by atoms with Crippen LogP contribution in [-0.4, -0.2) is 54.0 Å². The number of anilines is 1. The largest absolute Gasteiger partial charge is 0.355 e. The minimum absolute atomic E-state index is 0.142. The van der Waals surface area contributed by atoms with Crippen LogP contribution in [0.15, 0.2) is 42.6 Å². The van der Waals surface area contributed by atoms with Crippen LogP contribution in [0.4, 0.5) is 5.82 Å². The number of halogens is 1. The van der Waals surface area contributed by atoms with Gasteiger partial charge in [-0.2, -0.15) is 0 Å². The van der Waals surface area contributed by atoms with Crippen LogP contribution in [0.25, 0.3) is 10.9 Å². The first kappa shape index (κ1) is 20.6. The molecule has 0 saturated carbocycles. The van der Waals surface area contributed by atoms with E-state index in [2.05, 4.69) is 32.1 Å². The van der Waals surface area contributed by atoms with E-state index < -0.39 is 0 Å². The average molecular weight is 424 g/mol. The predicted octanol–water partition coefficient (Wildman–Crippen LogP) is 3.66. The van der Waals surface area contributed by atoms with Crippen molar-refractivity contribution in [3.63, 3.8) is 0 Å². The number of benzene rings is 1. The Bertz CT molecular complexity index is 1050. The van der Waals surface area contributed by atoms with Crippen molar-refractivity contribution >= 4 is 34.2 Å². The minimum atomic E-state index is -0.142. The van der Waals surface area contributed by atoms with Crippen LogP contribution >= 0.6 is 11.6 Å². The Labute approximate surface area is 181 Å². The van der Waals surface area contributed by atoms with E-state index in [0.717, 1.165) is 54.9 Å². The number of likely N-dealkylation sites (N-methyl/N-ethyl adjacent to an activating group) is 1. The molecule has 156 valence electrons. The zero-order valence-electron chi connectivity index (χ0n) is 17.4. The summed E-state index contributed by atoms with van der Waals surface area (Å²) in [6.07, 6.45) is 2.99. The quantitative estimate of drug-likeness (QED) is 0.693. The fourth-order valence-electron chi connectivity index (χ4n) is 3.73. The molecular formula is C23H26ClN5O. The lowest BCUT2D eigenvalue weighted by Gasteiger charge is -2.21. The van der Waals surface area contributed by atoms with Gasteiger partial charge in [0.15, 0.2) is 0 Å². The predicted molar refractivity (Wildman–Crippen MR) is 121 cm³/mol. The molecule has 3 aromatic rings. The first-order valence-corrected chi connectivity index (χ1v) is 10.6. The van der Waals surface area contributed by atoms with Gasteiger partial charge in [-0.05, 0) is 56.8 Å². The second kappa shape index (κ2) is 8.98. The summed E-state index contributed by atoms with van der Waals surface area (Å²) in [5, 5.41) is 4.51. The van der Waals surface area contributed by atoms with Crippen molar-refractivity contribution in [3.8, 4) is 0 Å². The van der Waals surface area contributed by atoms with Gasteiger partial charge in [0.2, 0.25) is 0 Å². The number of rotatable bonds is 4. The standard InChI is InChI=1S/C23H26ClN5O/c1-16-20(12-18-5-6-19(24)13-21(18)27-16)23(30)26-15-17-4-7-22(25-14-17)29-9-3-8-28(2)10-11-29/h4-7,12-14H,3,8-11,15H2,1-2H3,(H,26,30). The molecule has 1 aliphatic rings. The number of pyridine rings is 2. The molecule has 1 amide bonds. The fourth-order valence-corrected chi connectivity index (χ4v) is 3.89. The monoisotopic (exact) mass is 423 g/mol. The topological polar surface area (TPSA) is 61.4 Å². The van der Waals surface area contributed by atoms with Gasteiger partial charge in [-0.3, -0.25) is 9.78 Å². The highest BCUT2D eigenvalue weighted by Crippen LogP contribution is 2.21. The molecule has 0 unspecified atom stereocenters. The van der Waals surface area contributed by atoms with Crippen LogP contribution in [0.5, 0.6) is 0 Å². The third-order valence-corrected chi connectivity index (χ3v) is 5.76. The molecule has 7 heteroatoms. The highest BCUT2D eigenvalue weighted by atomic mass is 35.5. The van der Waals surface area contributed by atoms with Crippen molar-refractivity contribution in [1.29, 1.82) is 0 Å². The Hall–Kier alpha value is -2.70. The zero-order valence-corrected chi connectivity index (χ0v) is 18.1. The molecule has 2 aromatic heterocycles. The van der Waals surface area contributed by atoms with Crippen molar-refractivity contribution in [3.05, 3.63) is 64.4 Å². The van der Waals surface area contributed by atoms with Crippen molar-refractivity contribution in [2.45, 2.75) is 19.9 Å². The van der Waals surface area contributed by atoms with E-state index in [9.17, 15) is 4.79 Å². The molecule has 1 N–H and O–H groups in total. The highest BCUT2D eigenvalue weighted by Gasteiger charge is 2.14. The van der Waals surface area contributed by atoms with E-state index in [0.29, 0.717) is 22.8 Å². The molecule has 4 rings (SSSR count). The number of nitrogens with one attached hydrogen (secondary N) is 1. The van der Waals surface area contributed by atoms with Gasteiger partial charge in [-0.1, -0.05) is 23.7 Å². The van der Waals surface area contributed by atoms with E-state index in [1.165, 1.54) is 0 Å². The maximum Gasteiger partial charge on any atom is 0.253 e. The van der Waals surface area contributed by atoms with Gasteiger partial charge in [-0.25, -0.2) is 4.98 Å².